The zero-order valence-corrected chi connectivity index (χ0v) is 14.1. The van der Waals surface area contributed by atoms with Crippen LogP contribution in [0.25, 0.3) is 0 Å². The average Bonchev–Trinajstić information content (AvgIpc) is 3.26. The molecule has 3 rings (SSSR count). The zero-order valence-electron chi connectivity index (χ0n) is 13.3. The topological polar surface area (TPSA) is 75.3 Å². The molecule has 1 saturated heterocycles. The van der Waals surface area contributed by atoms with Crippen LogP contribution in [-0.2, 0) is 14.6 Å². The summed E-state index contributed by atoms with van der Waals surface area (Å²) >= 11 is 0. The molecule has 5 nitrogen and oxygen atoms in total. The van der Waals surface area contributed by atoms with E-state index >= 15 is 0 Å². The number of sulfone groups is 1. The monoisotopic (exact) mass is 336 g/mol. The summed E-state index contributed by atoms with van der Waals surface area (Å²) in [6.45, 7) is 2.42. The number of nitrogens with one attached hydrogen (secondary N) is 2. The van der Waals surface area contributed by atoms with Crippen molar-refractivity contribution in [2.75, 3.05) is 25.4 Å². The molecule has 1 heterocycles. The molecule has 1 aliphatic carbocycles. The van der Waals surface area contributed by atoms with Gasteiger partial charge < -0.3 is 10.6 Å². The summed E-state index contributed by atoms with van der Waals surface area (Å²) in [7, 11) is -3.25. The molecule has 1 aromatic carbocycles. The molecule has 1 atom stereocenters. The summed E-state index contributed by atoms with van der Waals surface area (Å²) in [5.74, 6) is 0.302. The lowest BCUT2D eigenvalue weighted by molar-refractivity contribution is -0.123. The minimum Gasteiger partial charge on any atom is -0.356 e. The maximum atomic E-state index is 12.2. The van der Waals surface area contributed by atoms with Crippen LogP contribution in [0.3, 0.4) is 0 Å². The highest BCUT2D eigenvalue weighted by atomic mass is 32.2. The second-order valence-corrected chi connectivity index (χ2v) is 8.75. The molecule has 6 heteroatoms. The van der Waals surface area contributed by atoms with Gasteiger partial charge in [0.2, 0.25) is 5.91 Å². The first kappa shape index (κ1) is 16.5. The first-order valence-electron chi connectivity index (χ1n) is 8.30. The molecule has 0 radical (unpaired) electrons. The van der Waals surface area contributed by atoms with E-state index in [9.17, 15) is 13.2 Å². The van der Waals surface area contributed by atoms with Gasteiger partial charge in [0, 0.05) is 12.5 Å². The number of carbonyl (C=O) groups excluding carboxylic acids is 1. The van der Waals surface area contributed by atoms with E-state index in [-0.39, 0.29) is 23.0 Å². The van der Waals surface area contributed by atoms with Crippen molar-refractivity contribution in [1.29, 1.82) is 0 Å². The normalized spacial score (nSPS) is 22.7. The molecule has 1 spiro atoms. The smallest absolute Gasteiger partial charge is 0.223 e. The maximum Gasteiger partial charge on any atom is 0.223 e. The average molecular weight is 336 g/mol. The molecule has 126 valence electrons. The summed E-state index contributed by atoms with van der Waals surface area (Å²) in [5.41, 5.74) is 0.228. The Hall–Kier alpha value is -1.40. The van der Waals surface area contributed by atoms with E-state index in [1.165, 1.54) is 0 Å². The van der Waals surface area contributed by atoms with Crippen LogP contribution in [0.1, 0.15) is 25.7 Å². The summed E-state index contributed by atoms with van der Waals surface area (Å²) < 4.78 is 24.3. The number of hydrogen-bond acceptors (Lipinski definition) is 4. The lowest BCUT2D eigenvalue weighted by atomic mass is 9.92. The third-order valence-electron chi connectivity index (χ3n) is 5.10. The predicted molar refractivity (Wildman–Crippen MR) is 88.8 cm³/mol. The predicted octanol–water partition coefficient (Wildman–Crippen LogP) is 1.36. The van der Waals surface area contributed by atoms with Crippen molar-refractivity contribution in [3.8, 4) is 0 Å². The fourth-order valence-corrected chi connectivity index (χ4v) is 4.87. The van der Waals surface area contributed by atoms with Gasteiger partial charge in [0.1, 0.15) is 0 Å². The highest BCUT2D eigenvalue weighted by Gasteiger charge is 2.57. The van der Waals surface area contributed by atoms with Gasteiger partial charge in [-0.15, -0.1) is 0 Å². The van der Waals surface area contributed by atoms with E-state index in [1.807, 2.05) is 0 Å². The van der Waals surface area contributed by atoms with Gasteiger partial charge in [0.15, 0.2) is 9.84 Å². The summed E-state index contributed by atoms with van der Waals surface area (Å²) in [6, 6.07) is 8.46. The van der Waals surface area contributed by atoms with Crippen molar-refractivity contribution in [2.45, 2.75) is 30.6 Å². The Balaban J connectivity index is 1.41. The summed E-state index contributed by atoms with van der Waals surface area (Å²) in [5, 5.41) is 6.24. The quantitative estimate of drug-likeness (QED) is 0.769. The highest BCUT2D eigenvalue weighted by Crippen LogP contribution is 2.58. The Kier molecular flexibility index (Phi) is 4.73. The molecular weight excluding hydrogens is 312 g/mol. The summed E-state index contributed by atoms with van der Waals surface area (Å²) in [6.07, 6.45) is 3.59. The molecule has 0 bridgehead atoms. The molecule has 0 aromatic heterocycles. The van der Waals surface area contributed by atoms with Gasteiger partial charge in [-0.25, -0.2) is 8.42 Å². The molecule has 1 aliphatic heterocycles. The van der Waals surface area contributed by atoms with E-state index in [2.05, 4.69) is 10.6 Å². The lowest BCUT2D eigenvalue weighted by Crippen LogP contribution is -2.34. The van der Waals surface area contributed by atoms with Crippen LogP contribution in [0.4, 0.5) is 0 Å². The first-order valence-corrected chi connectivity index (χ1v) is 9.95. The number of benzene rings is 1. The van der Waals surface area contributed by atoms with Crippen molar-refractivity contribution in [3.63, 3.8) is 0 Å². The third-order valence-corrected chi connectivity index (χ3v) is 6.91. The molecule has 1 unspecified atom stereocenters. The van der Waals surface area contributed by atoms with E-state index < -0.39 is 9.84 Å². The Morgan fingerprint density at radius 2 is 1.91 bits per heavy atom. The fourth-order valence-electron chi connectivity index (χ4n) is 3.54. The van der Waals surface area contributed by atoms with Gasteiger partial charge in [-0.2, -0.15) is 0 Å². The number of rotatable bonds is 6. The number of amides is 1. The first-order chi connectivity index (χ1) is 11.0. The second kappa shape index (κ2) is 6.61. The molecule has 2 N–H and O–H groups in total. The van der Waals surface area contributed by atoms with Crippen molar-refractivity contribution >= 4 is 15.7 Å². The Bertz CT molecular complexity index is 652. The van der Waals surface area contributed by atoms with Gasteiger partial charge >= 0.3 is 0 Å². The maximum absolute atomic E-state index is 12.2. The van der Waals surface area contributed by atoms with Gasteiger partial charge in [-0.05, 0) is 56.3 Å². The molecule has 1 aromatic rings. The number of piperidine rings is 1. The SMILES string of the molecule is O=C(NCCCS(=O)(=O)c1ccccc1)C1CC12CCNCC2. The van der Waals surface area contributed by atoms with E-state index in [0.29, 0.717) is 17.9 Å². The Morgan fingerprint density at radius 3 is 2.61 bits per heavy atom. The van der Waals surface area contributed by atoms with Gasteiger partial charge in [-0.1, -0.05) is 18.2 Å². The molecule has 1 amide bonds. The fraction of sp³-hybridized carbons (Fsp3) is 0.588. The van der Waals surface area contributed by atoms with Crippen molar-refractivity contribution < 1.29 is 13.2 Å². The largest absolute Gasteiger partial charge is 0.356 e. The van der Waals surface area contributed by atoms with Crippen LogP contribution in [0.2, 0.25) is 0 Å². The van der Waals surface area contributed by atoms with Crippen LogP contribution in [0, 0.1) is 11.3 Å². The Morgan fingerprint density at radius 1 is 1.22 bits per heavy atom. The van der Waals surface area contributed by atoms with Crippen molar-refractivity contribution in [2.24, 2.45) is 11.3 Å². The minimum atomic E-state index is -3.25. The minimum absolute atomic E-state index is 0.0665. The molecular formula is C17H24N2O3S. The molecule has 1 saturated carbocycles. The molecule has 2 aliphatic rings. The third kappa shape index (κ3) is 3.75. The van der Waals surface area contributed by atoms with E-state index in [4.69, 9.17) is 0 Å². The van der Waals surface area contributed by atoms with Crippen LogP contribution >= 0.6 is 0 Å². The van der Waals surface area contributed by atoms with Crippen LogP contribution < -0.4 is 10.6 Å². The lowest BCUT2D eigenvalue weighted by Gasteiger charge is -2.23. The van der Waals surface area contributed by atoms with E-state index in [1.54, 1.807) is 30.3 Å². The van der Waals surface area contributed by atoms with Crippen LogP contribution in [-0.4, -0.2) is 39.7 Å². The van der Waals surface area contributed by atoms with Gasteiger partial charge in [0.25, 0.3) is 0 Å². The van der Waals surface area contributed by atoms with Crippen molar-refractivity contribution in [1.82, 2.24) is 10.6 Å². The number of hydrogen-bond donors (Lipinski definition) is 2. The van der Waals surface area contributed by atoms with Gasteiger partial charge in [-0.3, -0.25) is 4.79 Å². The molecule has 2 fully saturated rings. The standard InChI is InChI=1S/C17H24N2O3S/c20-16(15-13-17(15)7-10-18-11-8-17)19-9-4-12-23(21,22)14-5-2-1-3-6-14/h1-3,5-6,15,18H,4,7-13H2,(H,19,20). The van der Waals surface area contributed by atoms with Crippen LogP contribution in [0.5, 0.6) is 0 Å². The van der Waals surface area contributed by atoms with Crippen molar-refractivity contribution in [3.05, 3.63) is 30.3 Å². The second-order valence-electron chi connectivity index (χ2n) is 6.65. The van der Waals surface area contributed by atoms with E-state index in [0.717, 1.165) is 32.4 Å². The summed E-state index contributed by atoms with van der Waals surface area (Å²) in [4.78, 5) is 12.5. The zero-order chi connectivity index (χ0) is 16.3. The number of carbonyl (C=O) groups is 1. The highest BCUT2D eigenvalue weighted by molar-refractivity contribution is 7.91. The Labute approximate surface area is 137 Å². The molecule has 23 heavy (non-hydrogen) atoms. The van der Waals surface area contributed by atoms with Crippen LogP contribution in [0.15, 0.2) is 35.2 Å². The van der Waals surface area contributed by atoms with Gasteiger partial charge in [0.05, 0.1) is 10.6 Å².